The third-order valence-corrected chi connectivity index (χ3v) is 4.39. The van der Waals surface area contributed by atoms with E-state index in [1.807, 2.05) is 30.3 Å². The van der Waals surface area contributed by atoms with Crippen LogP contribution in [0.4, 0.5) is 5.69 Å². The SMILES string of the molecule is CCC(CC)(CO)CNc1cccc2c(O)cccc12. The molecule has 0 heterocycles. The summed E-state index contributed by atoms with van der Waals surface area (Å²) in [4.78, 5) is 0. The third kappa shape index (κ3) is 2.73. The van der Waals surface area contributed by atoms with E-state index < -0.39 is 0 Å². The summed E-state index contributed by atoms with van der Waals surface area (Å²) in [6.07, 6.45) is 1.87. The molecule has 0 aliphatic heterocycles. The Morgan fingerprint density at radius 3 is 2.30 bits per heavy atom. The molecule has 2 aromatic rings. The number of aliphatic hydroxyl groups is 1. The van der Waals surface area contributed by atoms with E-state index in [4.69, 9.17) is 0 Å². The summed E-state index contributed by atoms with van der Waals surface area (Å²) >= 11 is 0. The first-order valence-corrected chi connectivity index (χ1v) is 7.21. The molecule has 3 nitrogen and oxygen atoms in total. The smallest absolute Gasteiger partial charge is 0.123 e. The monoisotopic (exact) mass is 273 g/mol. The molecule has 0 saturated heterocycles. The van der Waals surface area contributed by atoms with Gasteiger partial charge in [-0.05, 0) is 25.0 Å². The maximum Gasteiger partial charge on any atom is 0.123 e. The second-order valence-corrected chi connectivity index (χ2v) is 5.40. The van der Waals surface area contributed by atoms with E-state index in [1.165, 1.54) is 0 Å². The van der Waals surface area contributed by atoms with Crippen LogP contribution in [0.3, 0.4) is 0 Å². The van der Waals surface area contributed by atoms with Crippen LogP contribution < -0.4 is 5.32 Å². The third-order valence-electron chi connectivity index (χ3n) is 4.39. The second-order valence-electron chi connectivity index (χ2n) is 5.40. The van der Waals surface area contributed by atoms with Gasteiger partial charge >= 0.3 is 0 Å². The summed E-state index contributed by atoms with van der Waals surface area (Å²) < 4.78 is 0. The molecule has 0 radical (unpaired) electrons. The lowest BCUT2D eigenvalue weighted by atomic mass is 9.83. The molecule has 2 rings (SSSR count). The predicted octanol–water partition coefficient (Wildman–Crippen LogP) is 3.76. The zero-order valence-electron chi connectivity index (χ0n) is 12.2. The van der Waals surface area contributed by atoms with Crippen molar-refractivity contribution in [1.82, 2.24) is 0 Å². The van der Waals surface area contributed by atoms with E-state index in [0.29, 0.717) is 5.75 Å². The normalized spacial score (nSPS) is 11.8. The standard InChI is InChI=1S/C17H23NO2/c1-3-17(4-2,12-19)11-18-15-9-5-8-14-13(15)7-6-10-16(14)20/h5-10,18-20H,3-4,11-12H2,1-2H3. The lowest BCUT2D eigenvalue weighted by Crippen LogP contribution is -2.32. The van der Waals surface area contributed by atoms with E-state index in [0.717, 1.165) is 35.8 Å². The Kier molecular flexibility index (Phi) is 4.50. The molecule has 0 amide bonds. The second kappa shape index (κ2) is 6.14. The fraction of sp³-hybridized carbons (Fsp3) is 0.412. The first-order valence-electron chi connectivity index (χ1n) is 7.21. The molecular formula is C17H23NO2. The van der Waals surface area contributed by atoms with Crippen molar-refractivity contribution < 1.29 is 10.2 Å². The number of nitrogens with one attached hydrogen (secondary N) is 1. The van der Waals surface area contributed by atoms with E-state index in [9.17, 15) is 10.2 Å². The van der Waals surface area contributed by atoms with Crippen LogP contribution in [0, 0.1) is 5.41 Å². The number of hydrogen-bond donors (Lipinski definition) is 3. The number of aromatic hydroxyl groups is 1. The zero-order chi connectivity index (χ0) is 14.6. The van der Waals surface area contributed by atoms with Crippen LogP contribution >= 0.6 is 0 Å². The minimum Gasteiger partial charge on any atom is -0.507 e. The van der Waals surface area contributed by atoms with Gasteiger partial charge in [0.05, 0.1) is 6.61 Å². The first kappa shape index (κ1) is 14.7. The molecule has 0 atom stereocenters. The molecule has 0 aliphatic rings. The Morgan fingerprint density at radius 2 is 1.65 bits per heavy atom. The maximum absolute atomic E-state index is 9.89. The summed E-state index contributed by atoms with van der Waals surface area (Å²) in [6.45, 7) is 5.13. The summed E-state index contributed by atoms with van der Waals surface area (Å²) in [5.74, 6) is 0.297. The Balaban J connectivity index is 2.28. The van der Waals surface area contributed by atoms with Gasteiger partial charge in [-0.1, -0.05) is 38.1 Å². The van der Waals surface area contributed by atoms with Gasteiger partial charge in [-0.2, -0.15) is 0 Å². The molecule has 0 aromatic heterocycles. The largest absolute Gasteiger partial charge is 0.507 e. The van der Waals surface area contributed by atoms with Gasteiger partial charge in [0.15, 0.2) is 0 Å². The number of fused-ring (bicyclic) bond motifs is 1. The Morgan fingerprint density at radius 1 is 1.00 bits per heavy atom. The molecule has 0 aliphatic carbocycles. The van der Waals surface area contributed by atoms with Crippen molar-refractivity contribution in [3.05, 3.63) is 36.4 Å². The van der Waals surface area contributed by atoms with Gasteiger partial charge in [0.1, 0.15) is 5.75 Å². The highest BCUT2D eigenvalue weighted by Crippen LogP contribution is 2.32. The predicted molar refractivity (Wildman–Crippen MR) is 84.2 cm³/mol. The zero-order valence-corrected chi connectivity index (χ0v) is 12.2. The highest BCUT2D eigenvalue weighted by molar-refractivity contribution is 5.97. The van der Waals surface area contributed by atoms with Crippen molar-refractivity contribution in [1.29, 1.82) is 0 Å². The molecule has 20 heavy (non-hydrogen) atoms. The van der Waals surface area contributed by atoms with Gasteiger partial charge in [0, 0.05) is 28.4 Å². The molecular weight excluding hydrogens is 250 g/mol. The molecule has 0 saturated carbocycles. The Bertz CT molecular complexity index is 568. The van der Waals surface area contributed by atoms with Crippen molar-refractivity contribution in [2.45, 2.75) is 26.7 Å². The molecule has 2 aromatic carbocycles. The average molecular weight is 273 g/mol. The van der Waals surface area contributed by atoms with Crippen molar-refractivity contribution in [2.24, 2.45) is 5.41 Å². The fourth-order valence-corrected chi connectivity index (χ4v) is 2.51. The summed E-state index contributed by atoms with van der Waals surface area (Å²) in [7, 11) is 0. The topological polar surface area (TPSA) is 52.5 Å². The maximum atomic E-state index is 9.89. The van der Waals surface area contributed by atoms with E-state index in [2.05, 4.69) is 19.2 Å². The van der Waals surface area contributed by atoms with Gasteiger partial charge < -0.3 is 15.5 Å². The molecule has 0 bridgehead atoms. The molecule has 0 spiro atoms. The lowest BCUT2D eigenvalue weighted by Gasteiger charge is -2.30. The summed E-state index contributed by atoms with van der Waals surface area (Å²) in [5, 5.41) is 24.8. The minimum atomic E-state index is -0.0843. The molecule has 0 fully saturated rings. The van der Waals surface area contributed by atoms with Crippen LogP contribution in [-0.4, -0.2) is 23.4 Å². The minimum absolute atomic E-state index is 0.0843. The number of phenols is 1. The number of hydrogen-bond acceptors (Lipinski definition) is 3. The number of anilines is 1. The van der Waals surface area contributed by atoms with Crippen LogP contribution in [0.25, 0.3) is 10.8 Å². The van der Waals surface area contributed by atoms with Crippen LogP contribution in [0.1, 0.15) is 26.7 Å². The van der Waals surface area contributed by atoms with Crippen LogP contribution in [0.5, 0.6) is 5.75 Å². The first-order chi connectivity index (χ1) is 9.65. The lowest BCUT2D eigenvalue weighted by molar-refractivity contribution is 0.127. The van der Waals surface area contributed by atoms with Crippen molar-refractivity contribution in [3.8, 4) is 5.75 Å². The fourth-order valence-electron chi connectivity index (χ4n) is 2.51. The van der Waals surface area contributed by atoms with E-state index >= 15 is 0 Å². The van der Waals surface area contributed by atoms with Gasteiger partial charge in [0.2, 0.25) is 0 Å². The molecule has 3 heteroatoms. The summed E-state index contributed by atoms with van der Waals surface area (Å²) in [5.41, 5.74) is 0.914. The Hall–Kier alpha value is -1.74. The quantitative estimate of drug-likeness (QED) is 0.751. The van der Waals surface area contributed by atoms with Gasteiger partial charge in [-0.3, -0.25) is 0 Å². The number of rotatable bonds is 6. The number of aliphatic hydroxyl groups excluding tert-OH is 1. The van der Waals surface area contributed by atoms with Crippen LogP contribution in [0.2, 0.25) is 0 Å². The van der Waals surface area contributed by atoms with Crippen molar-refractivity contribution in [2.75, 3.05) is 18.5 Å². The number of benzene rings is 2. The van der Waals surface area contributed by atoms with Gasteiger partial charge in [-0.25, -0.2) is 0 Å². The average Bonchev–Trinajstić information content (AvgIpc) is 2.50. The molecule has 0 unspecified atom stereocenters. The van der Waals surface area contributed by atoms with E-state index in [1.54, 1.807) is 6.07 Å². The molecule has 108 valence electrons. The highest BCUT2D eigenvalue weighted by atomic mass is 16.3. The van der Waals surface area contributed by atoms with Crippen molar-refractivity contribution in [3.63, 3.8) is 0 Å². The number of phenolic OH excluding ortho intramolecular Hbond substituents is 1. The van der Waals surface area contributed by atoms with Gasteiger partial charge in [0.25, 0.3) is 0 Å². The van der Waals surface area contributed by atoms with Crippen molar-refractivity contribution >= 4 is 16.5 Å². The van der Waals surface area contributed by atoms with Crippen LogP contribution in [-0.2, 0) is 0 Å². The van der Waals surface area contributed by atoms with E-state index in [-0.39, 0.29) is 12.0 Å². The Labute approximate surface area is 120 Å². The summed E-state index contributed by atoms with van der Waals surface area (Å²) in [6, 6.07) is 11.4. The highest BCUT2D eigenvalue weighted by Gasteiger charge is 2.25. The molecule has 3 N–H and O–H groups in total. The van der Waals surface area contributed by atoms with Crippen LogP contribution in [0.15, 0.2) is 36.4 Å². The van der Waals surface area contributed by atoms with Gasteiger partial charge in [-0.15, -0.1) is 0 Å².